The van der Waals surface area contributed by atoms with Gasteiger partial charge >= 0.3 is 6.18 Å². The SMILES string of the molecule is CCNC(N)=NCc1ccc(F)cc1C(F)(F)F. The van der Waals surface area contributed by atoms with Crippen LogP contribution in [0.1, 0.15) is 18.1 Å². The maximum atomic E-state index is 12.8. The molecule has 0 aromatic heterocycles. The van der Waals surface area contributed by atoms with Gasteiger partial charge in [-0.25, -0.2) is 9.38 Å². The predicted octanol–water partition coefficient (Wildman–Crippen LogP) is 2.27. The van der Waals surface area contributed by atoms with Gasteiger partial charge in [-0.3, -0.25) is 0 Å². The molecular formula is C11H13F4N3. The first-order valence-electron chi connectivity index (χ1n) is 5.24. The molecule has 0 fully saturated rings. The fourth-order valence-electron chi connectivity index (χ4n) is 1.36. The van der Waals surface area contributed by atoms with Crippen molar-refractivity contribution < 1.29 is 17.6 Å². The van der Waals surface area contributed by atoms with Gasteiger partial charge < -0.3 is 11.1 Å². The van der Waals surface area contributed by atoms with Crippen molar-refractivity contribution in [3.05, 3.63) is 35.1 Å². The van der Waals surface area contributed by atoms with E-state index in [1.807, 2.05) is 0 Å². The van der Waals surface area contributed by atoms with Crippen LogP contribution in [0.4, 0.5) is 17.6 Å². The Morgan fingerprint density at radius 3 is 2.61 bits per heavy atom. The monoisotopic (exact) mass is 263 g/mol. The highest BCUT2D eigenvalue weighted by atomic mass is 19.4. The number of nitrogens with two attached hydrogens (primary N) is 1. The molecule has 1 rings (SSSR count). The third-order valence-electron chi connectivity index (χ3n) is 2.15. The summed E-state index contributed by atoms with van der Waals surface area (Å²) in [6.45, 7) is 2.04. The minimum absolute atomic E-state index is 0.0509. The highest BCUT2D eigenvalue weighted by Crippen LogP contribution is 2.32. The largest absolute Gasteiger partial charge is 0.416 e. The van der Waals surface area contributed by atoms with Gasteiger partial charge in [-0.1, -0.05) is 6.07 Å². The fourth-order valence-corrected chi connectivity index (χ4v) is 1.36. The molecule has 3 N–H and O–H groups in total. The minimum Gasteiger partial charge on any atom is -0.370 e. The van der Waals surface area contributed by atoms with E-state index in [2.05, 4.69) is 10.3 Å². The number of rotatable bonds is 3. The van der Waals surface area contributed by atoms with E-state index in [0.717, 1.165) is 12.1 Å². The topological polar surface area (TPSA) is 50.4 Å². The Kier molecular flexibility index (Phi) is 4.52. The number of hydrogen-bond acceptors (Lipinski definition) is 1. The van der Waals surface area contributed by atoms with Crippen LogP contribution in [0.3, 0.4) is 0 Å². The van der Waals surface area contributed by atoms with Gasteiger partial charge in [0.25, 0.3) is 0 Å². The van der Waals surface area contributed by atoms with Crippen LogP contribution in [0.25, 0.3) is 0 Å². The van der Waals surface area contributed by atoms with E-state index in [1.54, 1.807) is 6.92 Å². The Hall–Kier alpha value is -1.79. The molecule has 0 aliphatic heterocycles. The van der Waals surface area contributed by atoms with Crippen LogP contribution in [0, 0.1) is 5.82 Å². The Morgan fingerprint density at radius 1 is 1.39 bits per heavy atom. The van der Waals surface area contributed by atoms with Gasteiger partial charge in [0, 0.05) is 6.54 Å². The lowest BCUT2D eigenvalue weighted by molar-refractivity contribution is -0.138. The summed E-state index contributed by atoms with van der Waals surface area (Å²) >= 11 is 0. The maximum Gasteiger partial charge on any atom is 0.416 e. The van der Waals surface area contributed by atoms with E-state index in [0.29, 0.717) is 12.6 Å². The second kappa shape index (κ2) is 5.70. The normalized spacial score (nSPS) is 12.6. The molecule has 0 heterocycles. The minimum atomic E-state index is -4.61. The molecule has 100 valence electrons. The molecule has 0 saturated carbocycles. The van der Waals surface area contributed by atoms with Gasteiger partial charge in [-0.15, -0.1) is 0 Å². The summed E-state index contributed by atoms with van der Waals surface area (Å²) in [5, 5.41) is 2.66. The van der Waals surface area contributed by atoms with Crippen molar-refractivity contribution in [2.24, 2.45) is 10.7 Å². The molecule has 7 heteroatoms. The van der Waals surface area contributed by atoms with Crippen LogP contribution in [0.5, 0.6) is 0 Å². The molecule has 18 heavy (non-hydrogen) atoms. The molecule has 1 aromatic rings. The summed E-state index contributed by atoms with van der Waals surface area (Å²) in [6, 6.07) is 2.47. The van der Waals surface area contributed by atoms with Crippen molar-refractivity contribution in [1.29, 1.82) is 0 Å². The van der Waals surface area contributed by atoms with Gasteiger partial charge in [-0.05, 0) is 24.6 Å². The summed E-state index contributed by atoms with van der Waals surface area (Å²) in [4.78, 5) is 3.75. The number of aliphatic imine (C=N–C) groups is 1. The third-order valence-corrected chi connectivity index (χ3v) is 2.15. The number of nitrogens with zero attached hydrogens (tertiary/aromatic N) is 1. The average Bonchev–Trinajstić information content (AvgIpc) is 2.26. The smallest absolute Gasteiger partial charge is 0.370 e. The van der Waals surface area contributed by atoms with E-state index >= 15 is 0 Å². The lowest BCUT2D eigenvalue weighted by Gasteiger charge is -2.11. The van der Waals surface area contributed by atoms with E-state index in [-0.39, 0.29) is 18.1 Å². The van der Waals surface area contributed by atoms with Gasteiger partial charge in [-0.2, -0.15) is 13.2 Å². The summed E-state index contributed by atoms with van der Waals surface area (Å²) in [5.74, 6) is -0.885. The molecule has 0 unspecified atom stereocenters. The highest BCUT2D eigenvalue weighted by Gasteiger charge is 2.33. The van der Waals surface area contributed by atoms with Gasteiger partial charge in [0.1, 0.15) is 5.82 Å². The Bertz CT molecular complexity index is 440. The maximum absolute atomic E-state index is 12.8. The molecule has 0 bridgehead atoms. The Balaban J connectivity index is 2.99. The summed E-state index contributed by atoms with van der Waals surface area (Å²) in [6.07, 6.45) is -4.61. The lowest BCUT2D eigenvalue weighted by atomic mass is 10.1. The predicted molar refractivity (Wildman–Crippen MR) is 60.4 cm³/mol. The van der Waals surface area contributed by atoms with Crippen LogP contribution < -0.4 is 11.1 Å². The molecular weight excluding hydrogens is 250 g/mol. The lowest BCUT2D eigenvalue weighted by Crippen LogP contribution is -2.31. The number of hydrogen-bond donors (Lipinski definition) is 2. The second-order valence-corrected chi connectivity index (χ2v) is 3.53. The van der Waals surface area contributed by atoms with E-state index in [9.17, 15) is 17.6 Å². The zero-order valence-electron chi connectivity index (χ0n) is 9.68. The quantitative estimate of drug-likeness (QED) is 0.499. The summed E-state index contributed by atoms with van der Waals surface area (Å²) < 4.78 is 50.7. The van der Waals surface area contributed by atoms with Gasteiger partial charge in [0.15, 0.2) is 5.96 Å². The van der Waals surface area contributed by atoms with Gasteiger partial charge in [0.2, 0.25) is 0 Å². The molecule has 0 amide bonds. The molecule has 0 atom stereocenters. The van der Waals surface area contributed by atoms with E-state index in [1.165, 1.54) is 0 Å². The van der Waals surface area contributed by atoms with Gasteiger partial charge in [0.05, 0.1) is 12.1 Å². The first kappa shape index (κ1) is 14.3. The number of halogens is 4. The van der Waals surface area contributed by atoms with Crippen molar-refractivity contribution in [2.45, 2.75) is 19.6 Å². The van der Waals surface area contributed by atoms with Crippen molar-refractivity contribution >= 4 is 5.96 Å². The average molecular weight is 263 g/mol. The molecule has 1 aromatic carbocycles. The summed E-state index contributed by atoms with van der Waals surface area (Å²) in [5.41, 5.74) is 4.25. The standard InChI is InChI=1S/C11H13F4N3/c1-2-17-10(16)18-6-7-3-4-8(12)5-9(7)11(13,14)15/h3-5H,2,6H2,1H3,(H3,16,17,18). The molecule has 3 nitrogen and oxygen atoms in total. The fraction of sp³-hybridized carbons (Fsp3) is 0.364. The third kappa shape index (κ3) is 3.90. The number of alkyl halides is 3. The Morgan fingerprint density at radius 2 is 2.06 bits per heavy atom. The van der Waals surface area contributed by atoms with Crippen LogP contribution in [0.15, 0.2) is 23.2 Å². The molecule has 0 aliphatic carbocycles. The number of guanidine groups is 1. The van der Waals surface area contributed by atoms with Crippen LogP contribution in [0.2, 0.25) is 0 Å². The second-order valence-electron chi connectivity index (χ2n) is 3.53. The molecule has 0 aliphatic rings. The zero-order chi connectivity index (χ0) is 13.8. The van der Waals surface area contributed by atoms with E-state index in [4.69, 9.17) is 5.73 Å². The first-order valence-corrected chi connectivity index (χ1v) is 5.24. The number of nitrogens with one attached hydrogen (secondary N) is 1. The molecule has 0 saturated heterocycles. The first-order chi connectivity index (χ1) is 8.34. The van der Waals surface area contributed by atoms with Crippen molar-refractivity contribution in [2.75, 3.05) is 6.54 Å². The number of benzene rings is 1. The van der Waals surface area contributed by atoms with Crippen LogP contribution in [-0.4, -0.2) is 12.5 Å². The highest BCUT2D eigenvalue weighted by molar-refractivity contribution is 5.77. The Labute approximate surface area is 102 Å². The van der Waals surface area contributed by atoms with Crippen molar-refractivity contribution in [1.82, 2.24) is 5.32 Å². The van der Waals surface area contributed by atoms with Crippen LogP contribution >= 0.6 is 0 Å². The van der Waals surface area contributed by atoms with Crippen molar-refractivity contribution in [3.8, 4) is 0 Å². The molecule has 0 spiro atoms. The zero-order valence-corrected chi connectivity index (χ0v) is 9.68. The summed E-state index contributed by atoms with van der Waals surface area (Å²) in [7, 11) is 0. The van der Waals surface area contributed by atoms with E-state index < -0.39 is 17.6 Å². The molecule has 0 radical (unpaired) electrons. The van der Waals surface area contributed by atoms with Crippen molar-refractivity contribution in [3.63, 3.8) is 0 Å². The van der Waals surface area contributed by atoms with Crippen LogP contribution in [-0.2, 0) is 12.7 Å².